The molecule has 194 valence electrons. The topological polar surface area (TPSA) is 57.2 Å². The molecule has 3 aromatic carbocycles. The maximum atomic E-state index is 12.8. The van der Waals surface area contributed by atoms with Crippen molar-refractivity contribution in [2.45, 2.75) is 51.1 Å². The van der Waals surface area contributed by atoms with Crippen molar-refractivity contribution in [2.24, 2.45) is 0 Å². The molecule has 0 radical (unpaired) electrons. The Kier molecular flexibility index (Phi) is 11.4. The maximum absolute atomic E-state index is 12.8. The lowest BCUT2D eigenvalue weighted by Crippen LogP contribution is -2.24. The van der Waals surface area contributed by atoms with Crippen LogP contribution in [-0.2, 0) is 9.47 Å². The summed E-state index contributed by atoms with van der Waals surface area (Å²) >= 11 is 0. The van der Waals surface area contributed by atoms with Crippen molar-refractivity contribution < 1.29 is 37.2 Å². The fourth-order valence-corrected chi connectivity index (χ4v) is 3.47. The van der Waals surface area contributed by atoms with Gasteiger partial charge in [0.05, 0.1) is 13.2 Å². The number of phenolic OH excluding ortho intramolecular Hbond substituents is 1. The van der Waals surface area contributed by atoms with Crippen LogP contribution in [0.4, 0.5) is 13.2 Å². The van der Waals surface area contributed by atoms with E-state index in [0.29, 0.717) is 11.5 Å². The van der Waals surface area contributed by atoms with E-state index in [9.17, 15) is 13.2 Å². The van der Waals surface area contributed by atoms with Gasteiger partial charge in [0.1, 0.15) is 34.7 Å². The molecule has 0 saturated carbocycles. The van der Waals surface area contributed by atoms with Gasteiger partial charge in [0.2, 0.25) is 0 Å². The summed E-state index contributed by atoms with van der Waals surface area (Å²) < 4.78 is 59.3. The minimum atomic E-state index is -0.412. The van der Waals surface area contributed by atoms with E-state index in [2.05, 4.69) is 0 Å². The highest BCUT2D eigenvalue weighted by molar-refractivity contribution is 5.23. The molecule has 5 nitrogen and oxygen atoms in total. The smallest absolute Gasteiger partial charge is 0.199 e. The van der Waals surface area contributed by atoms with E-state index in [4.69, 9.17) is 24.1 Å². The highest BCUT2D eigenvalue weighted by Crippen LogP contribution is 2.20. The Morgan fingerprint density at radius 2 is 1.06 bits per heavy atom. The molecule has 0 amide bonds. The molecule has 5 rings (SSSR count). The second-order valence-electron chi connectivity index (χ2n) is 8.22. The average Bonchev–Trinajstić information content (AvgIpc) is 2.86. The van der Waals surface area contributed by atoms with Crippen molar-refractivity contribution in [3.8, 4) is 17.2 Å². The molecule has 2 aliphatic heterocycles. The van der Waals surface area contributed by atoms with Crippen LogP contribution in [0.5, 0.6) is 17.2 Å². The van der Waals surface area contributed by atoms with Crippen LogP contribution in [0.2, 0.25) is 0 Å². The molecule has 2 aliphatic rings. The van der Waals surface area contributed by atoms with Crippen LogP contribution in [0.3, 0.4) is 0 Å². The minimum Gasteiger partial charge on any atom is -0.508 e. The van der Waals surface area contributed by atoms with Gasteiger partial charge in [-0.2, -0.15) is 0 Å². The minimum absolute atomic E-state index is 0.0370. The van der Waals surface area contributed by atoms with Crippen molar-refractivity contribution in [3.05, 3.63) is 90.2 Å². The quantitative estimate of drug-likeness (QED) is 0.415. The highest BCUT2D eigenvalue weighted by Gasteiger charge is 2.16. The molecule has 2 heterocycles. The Labute approximate surface area is 209 Å². The van der Waals surface area contributed by atoms with E-state index in [-0.39, 0.29) is 30.0 Å². The predicted octanol–water partition coefficient (Wildman–Crippen LogP) is 6.99. The molecular formula is C28H31F3O5. The molecule has 8 heteroatoms. The van der Waals surface area contributed by atoms with Crippen LogP contribution in [-0.4, -0.2) is 30.9 Å². The molecule has 2 atom stereocenters. The van der Waals surface area contributed by atoms with Gasteiger partial charge in [-0.15, -0.1) is 0 Å². The SMILES string of the molecule is Fc1cccc(OC2CCCCO2)c1.Fc1cccc(OC2CCCCO2)c1.Oc1cccc(F)c1. The second-order valence-corrected chi connectivity index (χ2v) is 8.22. The summed E-state index contributed by atoms with van der Waals surface area (Å²) in [6, 6.07) is 17.5. The lowest BCUT2D eigenvalue weighted by atomic mass is 10.2. The van der Waals surface area contributed by atoms with E-state index >= 15 is 0 Å². The van der Waals surface area contributed by atoms with Gasteiger partial charge < -0.3 is 24.1 Å². The largest absolute Gasteiger partial charge is 0.508 e. The molecule has 3 aromatic rings. The number of benzene rings is 3. The number of rotatable bonds is 4. The van der Waals surface area contributed by atoms with E-state index in [1.54, 1.807) is 24.3 Å². The highest BCUT2D eigenvalue weighted by atomic mass is 19.1. The third-order valence-electron chi connectivity index (χ3n) is 5.21. The molecule has 2 saturated heterocycles. The second kappa shape index (κ2) is 15.0. The van der Waals surface area contributed by atoms with Crippen molar-refractivity contribution in [1.29, 1.82) is 0 Å². The third-order valence-corrected chi connectivity index (χ3v) is 5.21. The first-order valence-corrected chi connectivity index (χ1v) is 12.0. The number of hydrogen-bond acceptors (Lipinski definition) is 5. The Morgan fingerprint density at radius 3 is 1.39 bits per heavy atom. The van der Waals surface area contributed by atoms with Crippen molar-refractivity contribution in [3.63, 3.8) is 0 Å². The summed E-state index contributed by atoms with van der Waals surface area (Å²) in [5.41, 5.74) is 0. The molecular weight excluding hydrogens is 473 g/mol. The molecule has 2 fully saturated rings. The van der Waals surface area contributed by atoms with Crippen LogP contribution in [0.1, 0.15) is 38.5 Å². The van der Waals surface area contributed by atoms with Gasteiger partial charge in [-0.25, -0.2) is 13.2 Å². The average molecular weight is 505 g/mol. The summed E-state index contributed by atoms with van der Waals surface area (Å²) in [6.07, 6.45) is 5.76. The van der Waals surface area contributed by atoms with E-state index in [1.807, 2.05) is 0 Å². The van der Waals surface area contributed by atoms with Crippen LogP contribution in [0.15, 0.2) is 72.8 Å². The number of hydrogen-bond donors (Lipinski definition) is 1. The first-order chi connectivity index (χ1) is 17.5. The van der Waals surface area contributed by atoms with Gasteiger partial charge in [0, 0.05) is 31.0 Å². The van der Waals surface area contributed by atoms with Gasteiger partial charge in [-0.05, 0) is 62.1 Å². The van der Waals surface area contributed by atoms with E-state index in [0.717, 1.165) is 57.8 Å². The molecule has 0 bridgehead atoms. The summed E-state index contributed by atoms with van der Waals surface area (Å²) in [4.78, 5) is 0. The molecule has 2 unspecified atom stereocenters. The van der Waals surface area contributed by atoms with Gasteiger partial charge in [0.25, 0.3) is 0 Å². The summed E-state index contributed by atoms with van der Waals surface area (Å²) in [6.45, 7) is 1.47. The Hall–Kier alpha value is -3.23. The van der Waals surface area contributed by atoms with Gasteiger partial charge >= 0.3 is 0 Å². The fourth-order valence-electron chi connectivity index (χ4n) is 3.47. The van der Waals surface area contributed by atoms with Crippen LogP contribution in [0, 0.1) is 17.5 Å². The number of phenols is 1. The van der Waals surface area contributed by atoms with Crippen molar-refractivity contribution in [1.82, 2.24) is 0 Å². The van der Waals surface area contributed by atoms with E-state index in [1.165, 1.54) is 42.5 Å². The number of halogens is 3. The van der Waals surface area contributed by atoms with Crippen LogP contribution >= 0.6 is 0 Å². The molecule has 1 N–H and O–H groups in total. The lowest BCUT2D eigenvalue weighted by molar-refractivity contribution is -0.106. The lowest BCUT2D eigenvalue weighted by Gasteiger charge is -2.23. The maximum Gasteiger partial charge on any atom is 0.199 e. The summed E-state index contributed by atoms with van der Waals surface area (Å²) in [7, 11) is 0. The van der Waals surface area contributed by atoms with Crippen LogP contribution < -0.4 is 9.47 Å². The Balaban J connectivity index is 0.000000157. The van der Waals surface area contributed by atoms with Gasteiger partial charge in [-0.3, -0.25) is 0 Å². The summed E-state index contributed by atoms with van der Waals surface area (Å²) in [5, 5.41) is 8.57. The molecule has 0 spiro atoms. The first-order valence-electron chi connectivity index (χ1n) is 12.0. The standard InChI is InChI=1S/2C11H13FO2.C6H5FO/c2*12-9-4-3-5-10(8-9)14-11-6-1-2-7-13-11;7-5-2-1-3-6(8)4-5/h2*3-5,8,11H,1-2,6-7H2;1-4,8H. The molecule has 0 aromatic heterocycles. The Morgan fingerprint density at radius 1 is 0.611 bits per heavy atom. The van der Waals surface area contributed by atoms with Crippen molar-refractivity contribution >= 4 is 0 Å². The fraction of sp³-hybridized carbons (Fsp3) is 0.357. The predicted molar refractivity (Wildman–Crippen MR) is 129 cm³/mol. The summed E-state index contributed by atoms with van der Waals surface area (Å²) in [5.74, 6) is 0.0698. The van der Waals surface area contributed by atoms with Crippen LogP contribution in [0.25, 0.3) is 0 Å². The molecule has 0 aliphatic carbocycles. The van der Waals surface area contributed by atoms with Crippen molar-refractivity contribution in [2.75, 3.05) is 13.2 Å². The Bertz CT molecular complexity index is 958. The zero-order valence-corrected chi connectivity index (χ0v) is 20.0. The number of aromatic hydroxyl groups is 1. The zero-order chi connectivity index (χ0) is 25.6. The molecule has 36 heavy (non-hydrogen) atoms. The first kappa shape index (κ1) is 27.4. The zero-order valence-electron chi connectivity index (χ0n) is 20.0. The third kappa shape index (κ3) is 10.6. The van der Waals surface area contributed by atoms with Gasteiger partial charge in [0.15, 0.2) is 12.6 Å². The number of ether oxygens (including phenoxy) is 4. The monoisotopic (exact) mass is 504 g/mol. The normalized spacial score (nSPS) is 19.1. The van der Waals surface area contributed by atoms with Gasteiger partial charge in [-0.1, -0.05) is 18.2 Å². The van der Waals surface area contributed by atoms with E-state index < -0.39 is 5.82 Å².